The van der Waals surface area contributed by atoms with E-state index >= 15 is 0 Å². The maximum absolute atomic E-state index is 10.9. The maximum Gasteiger partial charge on any atom is 0.136 e. The third kappa shape index (κ3) is 2.08. The molecule has 0 amide bonds. The first-order chi connectivity index (χ1) is 6.34. The molecule has 0 fully saturated rings. The van der Waals surface area contributed by atoms with Crippen molar-refractivity contribution in [3.8, 4) is 0 Å². The molecule has 1 aliphatic rings. The minimum atomic E-state index is 0.357. The van der Waals surface area contributed by atoms with Crippen molar-refractivity contribution in [2.75, 3.05) is 0 Å². The molecule has 0 saturated carbocycles. The molecule has 0 aromatic carbocycles. The summed E-state index contributed by atoms with van der Waals surface area (Å²) in [5, 5.41) is 0. The highest BCUT2D eigenvalue weighted by Crippen LogP contribution is 2.19. The van der Waals surface area contributed by atoms with E-state index in [-0.39, 0.29) is 0 Å². The van der Waals surface area contributed by atoms with Gasteiger partial charge < -0.3 is 4.42 Å². The lowest BCUT2D eigenvalue weighted by Crippen LogP contribution is -2.04. The molecule has 13 heavy (non-hydrogen) atoms. The Morgan fingerprint density at radius 1 is 1.38 bits per heavy atom. The van der Waals surface area contributed by atoms with Crippen molar-refractivity contribution in [1.82, 2.24) is 0 Å². The summed E-state index contributed by atoms with van der Waals surface area (Å²) in [7, 11) is 0. The molecule has 0 aliphatic heterocycles. The number of carbonyl (C=O) groups is 1. The monoisotopic (exact) mass is 176 g/mol. The zero-order valence-corrected chi connectivity index (χ0v) is 7.45. The fourth-order valence-corrected chi connectivity index (χ4v) is 1.58. The van der Waals surface area contributed by atoms with Gasteiger partial charge in [0, 0.05) is 12.8 Å². The lowest BCUT2D eigenvalue weighted by molar-refractivity contribution is -0.118. The second-order valence-electron chi connectivity index (χ2n) is 3.41. The Morgan fingerprint density at radius 2 is 2.31 bits per heavy atom. The van der Waals surface area contributed by atoms with Crippen molar-refractivity contribution in [1.29, 1.82) is 0 Å². The molecule has 0 unspecified atom stereocenters. The molecule has 1 aliphatic carbocycles. The number of hydrogen-bond acceptors (Lipinski definition) is 2. The molecule has 0 radical (unpaired) electrons. The van der Waals surface area contributed by atoms with Crippen LogP contribution in [-0.2, 0) is 11.2 Å². The van der Waals surface area contributed by atoms with E-state index in [9.17, 15) is 4.79 Å². The van der Waals surface area contributed by atoms with Crippen LogP contribution in [0.15, 0.2) is 34.7 Å². The molecule has 0 saturated heterocycles. The quantitative estimate of drug-likeness (QED) is 0.648. The van der Waals surface area contributed by atoms with Crippen LogP contribution >= 0.6 is 0 Å². The number of Topliss-reactive ketones (excluding diaryl/α,β-unsaturated/α-hetero) is 1. The van der Waals surface area contributed by atoms with E-state index in [1.165, 1.54) is 11.1 Å². The van der Waals surface area contributed by atoms with Crippen LogP contribution in [0, 0.1) is 0 Å². The van der Waals surface area contributed by atoms with Crippen molar-refractivity contribution in [3.05, 3.63) is 35.8 Å². The van der Waals surface area contributed by atoms with Gasteiger partial charge in [0.05, 0.1) is 12.5 Å². The van der Waals surface area contributed by atoms with Gasteiger partial charge in [0.2, 0.25) is 0 Å². The van der Waals surface area contributed by atoms with Crippen LogP contribution in [0.4, 0.5) is 0 Å². The van der Waals surface area contributed by atoms with Gasteiger partial charge in [0.15, 0.2) is 0 Å². The van der Waals surface area contributed by atoms with Crippen LogP contribution in [0.2, 0.25) is 0 Å². The Balaban J connectivity index is 2.00. The number of furan rings is 1. The summed E-state index contributed by atoms with van der Waals surface area (Å²) in [6, 6.07) is 1.97. The molecule has 0 bridgehead atoms. The molecule has 0 spiro atoms. The summed E-state index contributed by atoms with van der Waals surface area (Å²) in [4.78, 5) is 10.9. The zero-order chi connectivity index (χ0) is 9.10. The summed E-state index contributed by atoms with van der Waals surface area (Å²) in [5.74, 6) is 0.357. The number of hydrogen-bond donors (Lipinski definition) is 0. The topological polar surface area (TPSA) is 30.2 Å². The molecule has 2 rings (SSSR count). The van der Waals surface area contributed by atoms with E-state index in [1.807, 2.05) is 6.07 Å². The predicted octanol–water partition coefficient (Wildman–Crippen LogP) is 2.50. The van der Waals surface area contributed by atoms with E-state index < -0.39 is 0 Å². The van der Waals surface area contributed by atoms with Crippen LogP contribution in [0.25, 0.3) is 0 Å². The number of carbonyl (C=O) groups excluding carboxylic acids is 1. The Kier molecular flexibility index (Phi) is 2.30. The molecular weight excluding hydrogens is 164 g/mol. The minimum Gasteiger partial charge on any atom is -0.472 e. The SMILES string of the molecule is O=C1CC=C(Cc2ccoc2)CC1. The average molecular weight is 176 g/mol. The summed E-state index contributed by atoms with van der Waals surface area (Å²) < 4.78 is 4.98. The summed E-state index contributed by atoms with van der Waals surface area (Å²) in [5.41, 5.74) is 2.56. The molecule has 0 atom stereocenters. The highest BCUT2D eigenvalue weighted by molar-refractivity contribution is 5.81. The zero-order valence-electron chi connectivity index (χ0n) is 7.45. The Hall–Kier alpha value is -1.31. The largest absolute Gasteiger partial charge is 0.472 e. The summed E-state index contributed by atoms with van der Waals surface area (Å²) >= 11 is 0. The Bertz CT molecular complexity index is 320. The van der Waals surface area contributed by atoms with Crippen LogP contribution in [-0.4, -0.2) is 5.78 Å². The third-order valence-electron chi connectivity index (χ3n) is 2.35. The van der Waals surface area contributed by atoms with Gasteiger partial charge in [-0.1, -0.05) is 11.6 Å². The first kappa shape index (κ1) is 8.30. The van der Waals surface area contributed by atoms with Gasteiger partial charge in [-0.2, -0.15) is 0 Å². The number of allylic oxidation sites excluding steroid dienone is 2. The molecule has 0 N–H and O–H groups in total. The highest BCUT2D eigenvalue weighted by Gasteiger charge is 2.10. The van der Waals surface area contributed by atoms with Crippen molar-refractivity contribution in [2.45, 2.75) is 25.7 Å². The van der Waals surface area contributed by atoms with E-state index in [0.717, 1.165) is 12.8 Å². The van der Waals surface area contributed by atoms with Crippen LogP contribution in [0.1, 0.15) is 24.8 Å². The van der Waals surface area contributed by atoms with Gasteiger partial charge in [0.1, 0.15) is 5.78 Å². The smallest absolute Gasteiger partial charge is 0.136 e. The first-order valence-electron chi connectivity index (χ1n) is 4.55. The molecule has 1 heterocycles. The number of ketones is 1. The normalized spacial score (nSPS) is 17.2. The third-order valence-corrected chi connectivity index (χ3v) is 2.35. The molecule has 1 aromatic heterocycles. The van der Waals surface area contributed by atoms with E-state index in [0.29, 0.717) is 18.6 Å². The Labute approximate surface area is 77.2 Å². The second-order valence-corrected chi connectivity index (χ2v) is 3.41. The van der Waals surface area contributed by atoms with Crippen LogP contribution in [0.5, 0.6) is 0 Å². The summed E-state index contributed by atoms with van der Waals surface area (Å²) in [6.07, 6.45) is 8.69. The summed E-state index contributed by atoms with van der Waals surface area (Å²) in [6.45, 7) is 0. The molecular formula is C11H12O2. The van der Waals surface area contributed by atoms with Gasteiger partial charge in [-0.15, -0.1) is 0 Å². The predicted molar refractivity (Wildman–Crippen MR) is 49.4 cm³/mol. The maximum atomic E-state index is 10.9. The lowest BCUT2D eigenvalue weighted by atomic mass is 9.94. The van der Waals surface area contributed by atoms with E-state index in [4.69, 9.17) is 4.42 Å². The van der Waals surface area contributed by atoms with Gasteiger partial charge in [-0.25, -0.2) is 0 Å². The van der Waals surface area contributed by atoms with Crippen LogP contribution < -0.4 is 0 Å². The van der Waals surface area contributed by atoms with Crippen molar-refractivity contribution in [3.63, 3.8) is 0 Å². The van der Waals surface area contributed by atoms with E-state index in [1.54, 1.807) is 12.5 Å². The second kappa shape index (κ2) is 3.60. The van der Waals surface area contributed by atoms with Crippen molar-refractivity contribution >= 4 is 5.78 Å². The molecule has 68 valence electrons. The van der Waals surface area contributed by atoms with Crippen molar-refractivity contribution in [2.24, 2.45) is 0 Å². The standard InChI is InChI=1S/C11H12O2/c12-11-3-1-9(2-4-11)7-10-5-6-13-8-10/h1,5-6,8H,2-4,7H2. The fourth-order valence-electron chi connectivity index (χ4n) is 1.58. The van der Waals surface area contributed by atoms with Crippen molar-refractivity contribution < 1.29 is 9.21 Å². The minimum absolute atomic E-state index is 0.357. The molecule has 2 nitrogen and oxygen atoms in total. The van der Waals surface area contributed by atoms with Gasteiger partial charge in [-0.05, 0) is 24.5 Å². The fraction of sp³-hybridized carbons (Fsp3) is 0.364. The number of rotatable bonds is 2. The molecule has 2 heteroatoms. The lowest BCUT2D eigenvalue weighted by Gasteiger charge is -2.10. The van der Waals surface area contributed by atoms with Gasteiger partial charge >= 0.3 is 0 Å². The van der Waals surface area contributed by atoms with Crippen LogP contribution in [0.3, 0.4) is 0 Å². The highest BCUT2D eigenvalue weighted by atomic mass is 16.3. The Morgan fingerprint density at radius 3 is 2.92 bits per heavy atom. The van der Waals surface area contributed by atoms with E-state index in [2.05, 4.69) is 6.08 Å². The van der Waals surface area contributed by atoms with Gasteiger partial charge in [-0.3, -0.25) is 4.79 Å². The first-order valence-corrected chi connectivity index (χ1v) is 4.55. The van der Waals surface area contributed by atoms with Gasteiger partial charge in [0.25, 0.3) is 0 Å². The average Bonchev–Trinajstić information content (AvgIpc) is 2.62. The molecule has 1 aromatic rings.